The van der Waals surface area contributed by atoms with Crippen molar-refractivity contribution in [3.8, 4) is 0 Å². The van der Waals surface area contributed by atoms with Gasteiger partial charge in [0.1, 0.15) is 0 Å². The van der Waals surface area contributed by atoms with Crippen LogP contribution in [-0.2, 0) is 11.5 Å². The molecule has 1 heterocycles. The van der Waals surface area contributed by atoms with Gasteiger partial charge in [-0.3, -0.25) is 0 Å². The van der Waals surface area contributed by atoms with Gasteiger partial charge in [0, 0.05) is 11.9 Å². The summed E-state index contributed by atoms with van der Waals surface area (Å²) in [6, 6.07) is 4.03. The average Bonchev–Trinajstić information content (AvgIpc) is 2.41. The number of hydrogen-bond acceptors (Lipinski definition) is 0. The standard InChI is InChI=1S/C8H12NO/c10-7-2-1-4-8-5-3-6-9-8/h3,5-6,9H,1-2,4,7H2. The van der Waals surface area contributed by atoms with Gasteiger partial charge < -0.3 is 4.98 Å². The van der Waals surface area contributed by atoms with Gasteiger partial charge in [-0.25, -0.2) is 5.11 Å². The van der Waals surface area contributed by atoms with Crippen LogP contribution in [0.5, 0.6) is 0 Å². The number of hydrogen-bond donors (Lipinski definition) is 1. The maximum absolute atomic E-state index is 10.0. The second kappa shape index (κ2) is 4.12. The molecule has 0 amide bonds. The molecular weight excluding hydrogens is 126 g/mol. The predicted octanol–water partition coefficient (Wildman–Crippen LogP) is 1.77. The molecule has 0 bridgehead atoms. The van der Waals surface area contributed by atoms with Crippen LogP contribution in [0.2, 0.25) is 0 Å². The smallest absolute Gasteiger partial charge is 0.0822 e. The second-order valence-corrected chi connectivity index (χ2v) is 2.36. The van der Waals surface area contributed by atoms with E-state index >= 15 is 0 Å². The van der Waals surface area contributed by atoms with Crippen molar-refractivity contribution in [1.82, 2.24) is 4.98 Å². The minimum Gasteiger partial charge on any atom is -0.365 e. The lowest BCUT2D eigenvalue weighted by molar-refractivity contribution is 0.187. The van der Waals surface area contributed by atoms with E-state index in [-0.39, 0.29) is 6.61 Å². The van der Waals surface area contributed by atoms with E-state index in [1.807, 2.05) is 18.3 Å². The normalized spacial score (nSPS) is 10.1. The molecule has 0 fully saturated rings. The lowest BCUT2D eigenvalue weighted by Crippen LogP contribution is -1.86. The van der Waals surface area contributed by atoms with Gasteiger partial charge in [0.25, 0.3) is 0 Å². The Balaban J connectivity index is 2.15. The van der Waals surface area contributed by atoms with Crippen LogP contribution in [0, 0.1) is 0 Å². The summed E-state index contributed by atoms with van der Waals surface area (Å²) in [5.41, 5.74) is 1.23. The highest BCUT2D eigenvalue weighted by Crippen LogP contribution is 2.00. The van der Waals surface area contributed by atoms with Gasteiger partial charge in [-0.2, -0.15) is 0 Å². The van der Waals surface area contributed by atoms with Crippen LogP contribution < -0.4 is 0 Å². The molecule has 1 aromatic rings. The molecule has 0 aliphatic rings. The molecule has 1 rings (SSSR count). The number of unbranched alkanes of at least 4 members (excludes halogenated alkanes) is 1. The summed E-state index contributed by atoms with van der Waals surface area (Å²) in [6.45, 7) is 0.0563. The number of H-pyrrole nitrogens is 1. The fourth-order valence-electron chi connectivity index (χ4n) is 0.941. The number of rotatable bonds is 4. The van der Waals surface area contributed by atoms with Crippen LogP contribution >= 0.6 is 0 Å². The maximum atomic E-state index is 10.0. The number of aromatic nitrogens is 1. The van der Waals surface area contributed by atoms with E-state index in [0.29, 0.717) is 0 Å². The van der Waals surface area contributed by atoms with Crippen molar-refractivity contribution >= 4 is 0 Å². The molecule has 0 spiro atoms. The van der Waals surface area contributed by atoms with Gasteiger partial charge in [0.15, 0.2) is 0 Å². The van der Waals surface area contributed by atoms with E-state index in [9.17, 15) is 5.11 Å². The molecule has 2 heteroatoms. The largest absolute Gasteiger partial charge is 0.365 e. The molecule has 0 aliphatic heterocycles. The SMILES string of the molecule is [O]CCCCc1ccc[nH]1. The van der Waals surface area contributed by atoms with Gasteiger partial charge in [0.2, 0.25) is 0 Å². The van der Waals surface area contributed by atoms with Crippen LogP contribution in [0.1, 0.15) is 18.5 Å². The lowest BCUT2D eigenvalue weighted by Gasteiger charge is -1.93. The quantitative estimate of drug-likeness (QED) is 0.615. The Morgan fingerprint density at radius 1 is 1.40 bits per heavy atom. The molecule has 0 saturated carbocycles. The Hall–Kier alpha value is -0.760. The predicted molar refractivity (Wildman–Crippen MR) is 39.3 cm³/mol. The Labute approximate surface area is 60.9 Å². The van der Waals surface area contributed by atoms with Crippen molar-refractivity contribution in [2.24, 2.45) is 0 Å². The van der Waals surface area contributed by atoms with Crippen molar-refractivity contribution in [1.29, 1.82) is 0 Å². The Morgan fingerprint density at radius 2 is 2.30 bits per heavy atom. The number of nitrogens with one attached hydrogen (secondary N) is 1. The summed E-state index contributed by atoms with van der Waals surface area (Å²) in [4.78, 5) is 3.09. The van der Waals surface area contributed by atoms with E-state index in [2.05, 4.69) is 4.98 Å². The average molecular weight is 138 g/mol. The highest BCUT2D eigenvalue weighted by atomic mass is 16.2. The molecule has 1 radical (unpaired) electrons. The third-order valence-corrected chi connectivity index (χ3v) is 1.50. The van der Waals surface area contributed by atoms with Gasteiger partial charge in [-0.1, -0.05) is 0 Å². The first-order valence-corrected chi connectivity index (χ1v) is 3.64. The minimum absolute atomic E-state index is 0.0563. The van der Waals surface area contributed by atoms with Gasteiger partial charge in [-0.15, -0.1) is 0 Å². The summed E-state index contributed by atoms with van der Waals surface area (Å²) in [7, 11) is 0. The summed E-state index contributed by atoms with van der Waals surface area (Å²) >= 11 is 0. The molecule has 1 aromatic heterocycles. The molecule has 55 valence electrons. The molecule has 0 saturated heterocycles. The first-order valence-electron chi connectivity index (χ1n) is 3.64. The summed E-state index contributed by atoms with van der Waals surface area (Å²) in [6.07, 6.45) is 4.71. The Morgan fingerprint density at radius 3 is 2.90 bits per heavy atom. The molecule has 2 nitrogen and oxygen atoms in total. The number of aromatic amines is 1. The van der Waals surface area contributed by atoms with E-state index in [1.165, 1.54) is 5.69 Å². The lowest BCUT2D eigenvalue weighted by atomic mass is 10.2. The zero-order valence-electron chi connectivity index (χ0n) is 5.97. The Bertz CT molecular complexity index is 158. The molecule has 0 aliphatic carbocycles. The van der Waals surface area contributed by atoms with Gasteiger partial charge >= 0.3 is 0 Å². The third-order valence-electron chi connectivity index (χ3n) is 1.50. The maximum Gasteiger partial charge on any atom is 0.0822 e. The van der Waals surface area contributed by atoms with Crippen LogP contribution in [0.25, 0.3) is 0 Å². The molecule has 10 heavy (non-hydrogen) atoms. The van der Waals surface area contributed by atoms with Crippen LogP contribution in [-0.4, -0.2) is 11.6 Å². The van der Waals surface area contributed by atoms with Crippen molar-refractivity contribution in [3.05, 3.63) is 24.0 Å². The van der Waals surface area contributed by atoms with Crippen LogP contribution in [0.4, 0.5) is 0 Å². The van der Waals surface area contributed by atoms with E-state index in [1.54, 1.807) is 0 Å². The van der Waals surface area contributed by atoms with Gasteiger partial charge in [0.05, 0.1) is 6.61 Å². The van der Waals surface area contributed by atoms with Crippen molar-refractivity contribution in [2.75, 3.05) is 6.61 Å². The highest BCUT2D eigenvalue weighted by Gasteiger charge is 1.91. The summed E-state index contributed by atoms with van der Waals surface area (Å²) < 4.78 is 0. The second-order valence-electron chi connectivity index (χ2n) is 2.36. The third kappa shape index (κ3) is 2.23. The highest BCUT2D eigenvalue weighted by molar-refractivity contribution is 5.03. The summed E-state index contributed by atoms with van der Waals surface area (Å²) in [5.74, 6) is 0. The monoisotopic (exact) mass is 138 g/mol. The topological polar surface area (TPSA) is 35.7 Å². The zero-order valence-corrected chi connectivity index (χ0v) is 5.97. The van der Waals surface area contributed by atoms with E-state index < -0.39 is 0 Å². The van der Waals surface area contributed by atoms with E-state index in [4.69, 9.17) is 0 Å². The van der Waals surface area contributed by atoms with Crippen LogP contribution in [0.15, 0.2) is 18.3 Å². The fraction of sp³-hybridized carbons (Fsp3) is 0.500. The summed E-state index contributed by atoms with van der Waals surface area (Å²) in [5, 5.41) is 10.0. The minimum atomic E-state index is 0.0563. The van der Waals surface area contributed by atoms with E-state index in [0.717, 1.165) is 19.3 Å². The van der Waals surface area contributed by atoms with Crippen molar-refractivity contribution < 1.29 is 5.11 Å². The molecule has 1 N–H and O–H groups in total. The Kier molecular flexibility index (Phi) is 3.03. The fourth-order valence-corrected chi connectivity index (χ4v) is 0.941. The van der Waals surface area contributed by atoms with Crippen molar-refractivity contribution in [2.45, 2.75) is 19.3 Å². The first kappa shape index (κ1) is 7.35. The van der Waals surface area contributed by atoms with Crippen molar-refractivity contribution in [3.63, 3.8) is 0 Å². The molecule has 0 atom stereocenters. The van der Waals surface area contributed by atoms with Crippen LogP contribution in [0.3, 0.4) is 0 Å². The molecule has 0 aromatic carbocycles. The van der Waals surface area contributed by atoms with Gasteiger partial charge in [-0.05, 0) is 31.4 Å². The molecular formula is C8H12NO. The zero-order chi connectivity index (χ0) is 7.23. The first-order chi connectivity index (χ1) is 4.93. The number of aryl methyl sites for hydroxylation is 1. The molecule has 0 unspecified atom stereocenters.